The van der Waals surface area contributed by atoms with Crippen molar-refractivity contribution in [3.05, 3.63) is 90.5 Å². The van der Waals surface area contributed by atoms with E-state index in [0.29, 0.717) is 16.8 Å². The number of carbonyl (C=O) groups excluding carboxylic acids is 2. The summed E-state index contributed by atoms with van der Waals surface area (Å²) in [5.74, 6) is -0.755. The van der Waals surface area contributed by atoms with Gasteiger partial charge in [-0.3, -0.25) is 9.59 Å². The number of benzene rings is 3. The van der Waals surface area contributed by atoms with Crippen molar-refractivity contribution in [2.75, 3.05) is 11.4 Å². The number of nitrogens with zero attached hydrogens (tertiary/aromatic N) is 1. The molecule has 4 heteroatoms. The van der Waals surface area contributed by atoms with Crippen molar-refractivity contribution < 1.29 is 14.7 Å². The van der Waals surface area contributed by atoms with E-state index >= 15 is 0 Å². The number of ketones is 1. The van der Waals surface area contributed by atoms with Gasteiger partial charge in [0.1, 0.15) is 0 Å². The monoisotopic (exact) mass is 357 g/mol. The number of amides is 1. The van der Waals surface area contributed by atoms with Gasteiger partial charge in [0, 0.05) is 17.7 Å². The SMILES string of the molecule is C=CCN1C(=O)C(O)(CC(=O)c2cccc3ccccc23)c2ccccc21. The summed E-state index contributed by atoms with van der Waals surface area (Å²) in [7, 11) is 0. The van der Waals surface area contributed by atoms with E-state index in [0.717, 1.165) is 10.8 Å². The molecule has 27 heavy (non-hydrogen) atoms. The predicted octanol–water partition coefficient (Wildman–Crippen LogP) is 3.83. The molecule has 4 nitrogen and oxygen atoms in total. The number of aliphatic hydroxyl groups is 1. The van der Waals surface area contributed by atoms with Gasteiger partial charge in [0.15, 0.2) is 11.4 Å². The molecular weight excluding hydrogens is 338 g/mol. The number of Topliss-reactive ketones (excluding diaryl/α,β-unsaturated/α-hetero) is 1. The number of carbonyl (C=O) groups is 2. The summed E-state index contributed by atoms with van der Waals surface area (Å²) < 4.78 is 0. The van der Waals surface area contributed by atoms with Gasteiger partial charge in [-0.2, -0.15) is 0 Å². The summed E-state index contributed by atoms with van der Waals surface area (Å²) in [6.45, 7) is 3.96. The van der Waals surface area contributed by atoms with Crippen LogP contribution >= 0.6 is 0 Å². The minimum absolute atomic E-state index is 0.266. The molecule has 3 aromatic rings. The Kier molecular flexibility index (Phi) is 4.13. The van der Waals surface area contributed by atoms with E-state index in [1.807, 2.05) is 36.4 Å². The lowest BCUT2D eigenvalue weighted by atomic mass is 9.87. The van der Waals surface area contributed by atoms with E-state index in [2.05, 4.69) is 6.58 Å². The molecular formula is C23H19NO3. The van der Waals surface area contributed by atoms with Gasteiger partial charge in [0.05, 0.1) is 12.1 Å². The summed E-state index contributed by atoms with van der Waals surface area (Å²) in [5.41, 5.74) is -0.275. The second kappa shape index (κ2) is 6.49. The Morgan fingerprint density at radius 1 is 1.04 bits per heavy atom. The molecule has 0 aromatic heterocycles. The number of hydrogen-bond donors (Lipinski definition) is 1. The van der Waals surface area contributed by atoms with Crippen LogP contribution in [0.5, 0.6) is 0 Å². The fraction of sp³-hybridized carbons (Fsp3) is 0.130. The van der Waals surface area contributed by atoms with Crippen molar-refractivity contribution in [1.29, 1.82) is 0 Å². The lowest BCUT2D eigenvalue weighted by Gasteiger charge is -2.22. The number of para-hydroxylation sites is 1. The lowest BCUT2D eigenvalue weighted by molar-refractivity contribution is -0.135. The third-order valence-electron chi connectivity index (χ3n) is 5.06. The number of fused-ring (bicyclic) bond motifs is 2. The van der Waals surface area contributed by atoms with Crippen LogP contribution in [-0.4, -0.2) is 23.3 Å². The summed E-state index contributed by atoms with van der Waals surface area (Å²) in [5, 5.41) is 13.0. The van der Waals surface area contributed by atoms with Gasteiger partial charge < -0.3 is 10.0 Å². The second-order valence-corrected chi connectivity index (χ2v) is 6.71. The van der Waals surface area contributed by atoms with E-state index in [1.165, 1.54) is 4.90 Å². The third kappa shape index (κ3) is 2.66. The van der Waals surface area contributed by atoms with Crippen LogP contribution in [0, 0.1) is 0 Å². The molecule has 1 heterocycles. The maximum atomic E-state index is 13.1. The Labute approximate surface area is 157 Å². The van der Waals surface area contributed by atoms with E-state index in [-0.39, 0.29) is 18.7 Å². The molecule has 0 aliphatic carbocycles. The van der Waals surface area contributed by atoms with Gasteiger partial charge in [-0.15, -0.1) is 6.58 Å². The smallest absolute Gasteiger partial charge is 0.264 e. The third-order valence-corrected chi connectivity index (χ3v) is 5.06. The van der Waals surface area contributed by atoms with Crippen LogP contribution in [0.4, 0.5) is 5.69 Å². The van der Waals surface area contributed by atoms with Crippen molar-refractivity contribution in [2.45, 2.75) is 12.0 Å². The molecule has 0 bridgehead atoms. The largest absolute Gasteiger partial charge is 0.375 e. The number of anilines is 1. The van der Waals surface area contributed by atoms with Crippen LogP contribution in [0.3, 0.4) is 0 Å². The maximum absolute atomic E-state index is 13.1. The summed E-state index contributed by atoms with van der Waals surface area (Å²) >= 11 is 0. The van der Waals surface area contributed by atoms with Crippen LogP contribution in [0.25, 0.3) is 10.8 Å². The number of hydrogen-bond acceptors (Lipinski definition) is 3. The molecule has 0 saturated carbocycles. The fourth-order valence-electron chi connectivity index (χ4n) is 3.78. The van der Waals surface area contributed by atoms with Crippen LogP contribution in [0.2, 0.25) is 0 Å². The molecule has 0 spiro atoms. The highest BCUT2D eigenvalue weighted by molar-refractivity contribution is 6.14. The predicted molar refractivity (Wildman–Crippen MR) is 106 cm³/mol. The molecule has 3 aromatic carbocycles. The van der Waals surface area contributed by atoms with Crippen LogP contribution in [0.1, 0.15) is 22.3 Å². The Morgan fingerprint density at radius 2 is 1.74 bits per heavy atom. The molecule has 1 atom stereocenters. The zero-order valence-electron chi connectivity index (χ0n) is 14.8. The fourth-order valence-corrected chi connectivity index (χ4v) is 3.78. The first-order valence-corrected chi connectivity index (χ1v) is 8.82. The van der Waals surface area contributed by atoms with Gasteiger partial charge >= 0.3 is 0 Å². The molecule has 0 saturated heterocycles. The Morgan fingerprint density at radius 3 is 2.56 bits per heavy atom. The van der Waals surface area contributed by atoms with Crippen molar-refractivity contribution in [3.63, 3.8) is 0 Å². The lowest BCUT2D eigenvalue weighted by Crippen LogP contribution is -2.41. The first-order chi connectivity index (χ1) is 13.1. The molecule has 1 unspecified atom stereocenters. The minimum Gasteiger partial charge on any atom is -0.375 e. The van der Waals surface area contributed by atoms with Gasteiger partial charge in [-0.25, -0.2) is 0 Å². The van der Waals surface area contributed by atoms with Crippen LogP contribution < -0.4 is 4.90 Å². The topological polar surface area (TPSA) is 57.6 Å². The van der Waals surface area contributed by atoms with Gasteiger partial charge in [-0.1, -0.05) is 66.7 Å². The standard InChI is InChI=1S/C23H19NO3/c1-2-14-24-20-13-6-5-12-19(20)23(27,22(24)26)15-21(25)18-11-7-9-16-8-3-4-10-17(16)18/h2-13,27H,1,14-15H2. The zero-order valence-corrected chi connectivity index (χ0v) is 14.8. The Bertz CT molecular complexity index is 1070. The average Bonchev–Trinajstić information content (AvgIpc) is 2.90. The van der Waals surface area contributed by atoms with E-state index in [4.69, 9.17) is 0 Å². The van der Waals surface area contributed by atoms with Crippen molar-refractivity contribution in [2.24, 2.45) is 0 Å². The van der Waals surface area contributed by atoms with Gasteiger partial charge in [-0.05, 0) is 16.8 Å². The number of rotatable bonds is 5. The molecule has 1 aliphatic heterocycles. The normalized spacial score (nSPS) is 18.6. The molecule has 1 aliphatic rings. The summed E-state index contributed by atoms with van der Waals surface area (Å²) in [4.78, 5) is 27.5. The van der Waals surface area contributed by atoms with Crippen molar-refractivity contribution >= 4 is 28.2 Å². The van der Waals surface area contributed by atoms with E-state index in [9.17, 15) is 14.7 Å². The zero-order chi connectivity index (χ0) is 19.0. The summed E-state index contributed by atoms with van der Waals surface area (Å²) in [6.07, 6.45) is 1.30. The maximum Gasteiger partial charge on any atom is 0.264 e. The first kappa shape index (κ1) is 17.2. The van der Waals surface area contributed by atoms with Crippen molar-refractivity contribution in [1.82, 2.24) is 0 Å². The Balaban J connectivity index is 1.76. The van der Waals surface area contributed by atoms with Crippen LogP contribution in [0.15, 0.2) is 79.4 Å². The average molecular weight is 357 g/mol. The Hall–Kier alpha value is -3.24. The molecule has 0 fully saturated rings. The molecule has 0 radical (unpaired) electrons. The minimum atomic E-state index is -1.87. The van der Waals surface area contributed by atoms with Crippen LogP contribution in [-0.2, 0) is 10.4 Å². The van der Waals surface area contributed by atoms with Gasteiger partial charge in [0.25, 0.3) is 5.91 Å². The summed E-state index contributed by atoms with van der Waals surface area (Å²) in [6, 6.07) is 20.1. The van der Waals surface area contributed by atoms with E-state index < -0.39 is 11.5 Å². The van der Waals surface area contributed by atoms with Crippen molar-refractivity contribution in [3.8, 4) is 0 Å². The molecule has 1 amide bonds. The highest BCUT2D eigenvalue weighted by Gasteiger charge is 2.50. The van der Waals surface area contributed by atoms with Gasteiger partial charge in [0.2, 0.25) is 0 Å². The molecule has 1 N–H and O–H groups in total. The highest BCUT2D eigenvalue weighted by Crippen LogP contribution is 2.43. The first-order valence-electron chi connectivity index (χ1n) is 8.82. The quantitative estimate of drug-likeness (QED) is 0.558. The second-order valence-electron chi connectivity index (χ2n) is 6.71. The van der Waals surface area contributed by atoms with E-state index in [1.54, 1.807) is 36.4 Å². The highest BCUT2D eigenvalue weighted by atomic mass is 16.3. The molecule has 4 rings (SSSR count). The molecule has 134 valence electrons.